The molecule has 102 valence electrons. The minimum absolute atomic E-state index is 0.338. The maximum Gasteiger partial charge on any atom is 0.246 e. The molecule has 0 fully saturated rings. The van der Waals surface area contributed by atoms with Crippen molar-refractivity contribution < 1.29 is 8.91 Å². The Bertz CT molecular complexity index is 583. The lowest BCUT2D eigenvalue weighted by Gasteiger charge is -2.20. The van der Waals surface area contributed by atoms with Gasteiger partial charge in [-0.1, -0.05) is 28.0 Å². The lowest BCUT2D eigenvalue weighted by atomic mass is 10.1. The average molecular weight is 328 g/mol. The van der Waals surface area contributed by atoms with Crippen LogP contribution >= 0.6 is 15.9 Å². The first kappa shape index (κ1) is 14.1. The molecule has 0 unspecified atom stereocenters. The van der Waals surface area contributed by atoms with E-state index in [2.05, 4.69) is 31.4 Å². The van der Waals surface area contributed by atoms with Gasteiger partial charge >= 0.3 is 0 Å². The van der Waals surface area contributed by atoms with Crippen molar-refractivity contribution in [1.29, 1.82) is 0 Å². The topological polar surface area (TPSA) is 51.0 Å². The molecule has 0 bridgehead atoms. The van der Waals surface area contributed by atoms with Crippen molar-refractivity contribution in [3.8, 4) is 11.4 Å². The number of hydrogen-bond acceptors (Lipinski definition) is 4. The van der Waals surface area contributed by atoms with Crippen molar-refractivity contribution in [3.05, 3.63) is 34.4 Å². The van der Waals surface area contributed by atoms with E-state index in [1.54, 1.807) is 6.07 Å². The maximum atomic E-state index is 13.3. The highest BCUT2D eigenvalue weighted by Gasteiger charge is 2.27. The van der Waals surface area contributed by atoms with Gasteiger partial charge in [-0.25, -0.2) is 4.39 Å². The normalized spacial score (nSPS) is 11.8. The Labute approximate surface area is 119 Å². The fraction of sp³-hybridized carbons (Fsp3) is 0.385. The number of nitrogens with one attached hydrogen (secondary N) is 1. The van der Waals surface area contributed by atoms with E-state index in [0.717, 1.165) is 11.0 Å². The van der Waals surface area contributed by atoms with Gasteiger partial charge in [-0.3, -0.25) is 0 Å². The lowest BCUT2D eigenvalue weighted by Crippen LogP contribution is -2.36. The Morgan fingerprint density at radius 1 is 1.42 bits per heavy atom. The quantitative estimate of drug-likeness (QED) is 0.933. The zero-order chi connectivity index (χ0) is 14.0. The molecule has 1 N–H and O–H groups in total. The van der Waals surface area contributed by atoms with Crippen LogP contribution in [0.4, 0.5) is 4.39 Å². The van der Waals surface area contributed by atoms with Crippen LogP contribution in [0.3, 0.4) is 0 Å². The summed E-state index contributed by atoms with van der Waals surface area (Å²) in [7, 11) is 0. The molecule has 0 spiro atoms. The molecule has 0 saturated heterocycles. The third-order valence-electron chi connectivity index (χ3n) is 2.75. The van der Waals surface area contributed by atoms with E-state index in [1.807, 2.05) is 20.8 Å². The Hall–Kier alpha value is -1.27. The predicted molar refractivity (Wildman–Crippen MR) is 74.1 cm³/mol. The molecule has 6 heteroatoms. The van der Waals surface area contributed by atoms with E-state index < -0.39 is 5.54 Å². The Balaban J connectivity index is 2.38. The summed E-state index contributed by atoms with van der Waals surface area (Å²) in [5.41, 5.74) is 0.155. The van der Waals surface area contributed by atoms with Gasteiger partial charge in [0.15, 0.2) is 0 Å². The first-order chi connectivity index (χ1) is 8.94. The van der Waals surface area contributed by atoms with Gasteiger partial charge in [0, 0.05) is 10.0 Å². The molecule has 0 aliphatic rings. The maximum absolute atomic E-state index is 13.3. The Morgan fingerprint density at radius 2 is 2.16 bits per heavy atom. The van der Waals surface area contributed by atoms with Crippen LogP contribution in [0.1, 0.15) is 26.7 Å². The van der Waals surface area contributed by atoms with E-state index in [0.29, 0.717) is 17.3 Å². The van der Waals surface area contributed by atoms with Gasteiger partial charge in [-0.2, -0.15) is 4.98 Å². The highest BCUT2D eigenvalue weighted by atomic mass is 79.9. The van der Waals surface area contributed by atoms with Gasteiger partial charge in [0.25, 0.3) is 0 Å². The van der Waals surface area contributed by atoms with Crippen LogP contribution in [0.2, 0.25) is 0 Å². The van der Waals surface area contributed by atoms with Crippen molar-refractivity contribution in [2.45, 2.75) is 26.3 Å². The minimum Gasteiger partial charge on any atom is -0.337 e. The van der Waals surface area contributed by atoms with Crippen molar-refractivity contribution in [2.24, 2.45) is 0 Å². The second kappa shape index (κ2) is 5.38. The SMILES string of the molecule is CCNC(C)(C)c1nc(-c2cc(F)ccc2Br)no1. The molecule has 1 aromatic heterocycles. The summed E-state index contributed by atoms with van der Waals surface area (Å²) in [6, 6.07) is 4.37. The van der Waals surface area contributed by atoms with Crippen LogP contribution in [-0.2, 0) is 5.54 Å². The van der Waals surface area contributed by atoms with Crippen LogP contribution in [0.15, 0.2) is 27.2 Å². The molecule has 1 aromatic carbocycles. The summed E-state index contributed by atoms with van der Waals surface area (Å²) >= 11 is 3.35. The van der Waals surface area contributed by atoms with E-state index in [1.165, 1.54) is 12.1 Å². The van der Waals surface area contributed by atoms with Crippen molar-refractivity contribution in [2.75, 3.05) is 6.54 Å². The number of benzene rings is 1. The molecular formula is C13H15BrFN3O. The Morgan fingerprint density at radius 3 is 2.84 bits per heavy atom. The van der Waals surface area contributed by atoms with Crippen molar-refractivity contribution in [3.63, 3.8) is 0 Å². The first-order valence-corrected chi connectivity index (χ1v) is 6.78. The second-order valence-electron chi connectivity index (χ2n) is 4.70. The number of hydrogen-bond donors (Lipinski definition) is 1. The molecule has 0 radical (unpaired) electrons. The van der Waals surface area contributed by atoms with Gasteiger partial charge in [0.1, 0.15) is 5.82 Å². The van der Waals surface area contributed by atoms with Crippen molar-refractivity contribution in [1.82, 2.24) is 15.5 Å². The number of rotatable bonds is 4. The monoisotopic (exact) mass is 327 g/mol. The van der Waals surface area contributed by atoms with E-state index in [9.17, 15) is 4.39 Å². The zero-order valence-corrected chi connectivity index (χ0v) is 12.6. The number of nitrogens with zero attached hydrogens (tertiary/aromatic N) is 2. The third-order valence-corrected chi connectivity index (χ3v) is 3.44. The third kappa shape index (κ3) is 3.01. The molecule has 4 nitrogen and oxygen atoms in total. The van der Waals surface area contributed by atoms with Gasteiger partial charge < -0.3 is 9.84 Å². The molecule has 2 aromatic rings. The molecule has 0 atom stereocenters. The van der Waals surface area contributed by atoms with E-state index in [4.69, 9.17) is 4.52 Å². The molecule has 0 saturated carbocycles. The summed E-state index contributed by atoms with van der Waals surface area (Å²) in [5.74, 6) is 0.503. The largest absolute Gasteiger partial charge is 0.337 e. The molecule has 19 heavy (non-hydrogen) atoms. The lowest BCUT2D eigenvalue weighted by molar-refractivity contribution is 0.272. The minimum atomic E-state index is -0.417. The summed E-state index contributed by atoms with van der Waals surface area (Å²) in [6.45, 7) is 6.69. The summed E-state index contributed by atoms with van der Waals surface area (Å²) in [4.78, 5) is 4.34. The van der Waals surface area contributed by atoms with Gasteiger partial charge in [-0.15, -0.1) is 0 Å². The standard InChI is InChI=1S/C13H15BrFN3O/c1-4-16-13(2,3)12-17-11(18-19-12)9-7-8(15)5-6-10(9)14/h5-7,16H,4H2,1-3H3. The Kier molecular flexibility index (Phi) is 4.01. The molecule has 1 heterocycles. The number of aromatic nitrogens is 2. The van der Waals surface area contributed by atoms with Crippen LogP contribution in [0, 0.1) is 5.82 Å². The van der Waals surface area contributed by atoms with E-state index in [-0.39, 0.29) is 5.82 Å². The average Bonchev–Trinajstić information content (AvgIpc) is 2.82. The summed E-state index contributed by atoms with van der Waals surface area (Å²) in [5, 5.41) is 7.16. The first-order valence-electron chi connectivity index (χ1n) is 5.98. The predicted octanol–water partition coefficient (Wildman–Crippen LogP) is 3.48. The summed E-state index contributed by atoms with van der Waals surface area (Å²) < 4.78 is 19.3. The van der Waals surface area contributed by atoms with Gasteiger partial charge in [0.2, 0.25) is 11.7 Å². The molecule has 0 aliphatic carbocycles. The fourth-order valence-electron chi connectivity index (χ4n) is 1.77. The molecule has 2 rings (SSSR count). The van der Waals surface area contributed by atoms with Crippen LogP contribution in [0.5, 0.6) is 0 Å². The van der Waals surface area contributed by atoms with Crippen LogP contribution in [0.25, 0.3) is 11.4 Å². The highest BCUT2D eigenvalue weighted by Crippen LogP contribution is 2.28. The van der Waals surface area contributed by atoms with Gasteiger partial charge in [-0.05, 0) is 38.6 Å². The molecule has 0 aliphatic heterocycles. The second-order valence-corrected chi connectivity index (χ2v) is 5.56. The van der Waals surface area contributed by atoms with Gasteiger partial charge in [0.05, 0.1) is 5.54 Å². The van der Waals surface area contributed by atoms with Crippen molar-refractivity contribution >= 4 is 15.9 Å². The summed E-state index contributed by atoms with van der Waals surface area (Å²) in [6.07, 6.45) is 0. The fourth-order valence-corrected chi connectivity index (χ4v) is 2.20. The highest BCUT2D eigenvalue weighted by molar-refractivity contribution is 9.10. The van der Waals surface area contributed by atoms with E-state index >= 15 is 0 Å². The van der Waals surface area contributed by atoms with Crippen LogP contribution in [-0.4, -0.2) is 16.7 Å². The zero-order valence-electron chi connectivity index (χ0n) is 11.0. The molecule has 0 amide bonds. The molecular weight excluding hydrogens is 313 g/mol. The number of halogens is 2. The smallest absolute Gasteiger partial charge is 0.246 e. The van der Waals surface area contributed by atoms with Crippen LogP contribution < -0.4 is 5.32 Å².